The number of methoxy groups -OCH3 is 2. The Morgan fingerprint density at radius 2 is 1.95 bits per heavy atom. The minimum atomic E-state index is -0.679. The topological polar surface area (TPSA) is 90.4 Å². The van der Waals surface area contributed by atoms with Crippen LogP contribution in [0, 0.1) is 6.92 Å². The molecule has 0 aliphatic carbocycles. The Morgan fingerprint density at radius 1 is 1.18 bits per heavy atom. The summed E-state index contributed by atoms with van der Waals surface area (Å²) in [6.07, 6.45) is 1.03. The smallest absolute Gasteiger partial charge is 0.354 e. The van der Waals surface area contributed by atoms with Crippen LogP contribution in [0.15, 0.2) is 36.0 Å². The highest BCUT2D eigenvalue weighted by molar-refractivity contribution is 6.01. The summed E-state index contributed by atoms with van der Waals surface area (Å²) in [5, 5.41) is 11.7. The van der Waals surface area contributed by atoms with Crippen molar-refractivity contribution < 1.29 is 19.1 Å². The quantitative estimate of drug-likeness (QED) is 0.677. The first kappa shape index (κ1) is 15.4. The molecule has 0 saturated carbocycles. The van der Waals surface area contributed by atoms with E-state index in [0.29, 0.717) is 11.2 Å². The zero-order chi connectivity index (χ0) is 16.1. The van der Waals surface area contributed by atoms with Gasteiger partial charge in [-0.1, -0.05) is 6.07 Å². The second-order valence-electron chi connectivity index (χ2n) is 4.42. The molecule has 1 heterocycles. The van der Waals surface area contributed by atoms with Crippen molar-refractivity contribution >= 4 is 28.5 Å². The lowest BCUT2D eigenvalue weighted by molar-refractivity contribution is -0.138. The van der Waals surface area contributed by atoms with Crippen molar-refractivity contribution in [3.05, 3.63) is 41.7 Å². The van der Waals surface area contributed by atoms with Crippen molar-refractivity contribution in [2.24, 2.45) is 0 Å². The van der Waals surface area contributed by atoms with Gasteiger partial charge in [0.05, 0.1) is 31.5 Å². The molecule has 0 saturated heterocycles. The molecular weight excluding hydrogens is 286 g/mol. The minimum absolute atomic E-state index is 0.0312. The number of carbonyl (C=O) groups excluding carboxylic acids is 2. The molecule has 7 heteroatoms. The molecule has 0 aliphatic rings. The highest BCUT2D eigenvalue weighted by atomic mass is 16.5. The van der Waals surface area contributed by atoms with Crippen molar-refractivity contribution in [2.45, 2.75) is 6.92 Å². The van der Waals surface area contributed by atoms with E-state index in [-0.39, 0.29) is 5.70 Å². The number of nitrogens with zero attached hydrogens (tertiary/aromatic N) is 2. The van der Waals surface area contributed by atoms with Gasteiger partial charge in [-0.3, -0.25) is 0 Å². The summed E-state index contributed by atoms with van der Waals surface area (Å²) in [7, 11) is 2.46. The van der Waals surface area contributed by atoms with Gasteiger partial charge in [0.2, 0.25) is 0 Å². The zero-order valence-electron chi connectivity index (χ0n) is 12.4. The van der Waals surface area contributed by atoms with Crippen LogP contribution in [-0.2, 0) is 19.1 Å². The number of carbonyl (C=O) groups is 2. The van der Waals surface area contributed by atoms with Gasteiger partial charge in [0.25, 0.3) is 0 Å². The maximum absolute atomic E-state index is 11.8. The van der Waals surface area contributed by atoms with Crippen LogP contribution >= 0.6 is 0 Å². The van der Waals surface area contributed by atoms with Gasteiger partial charge in [-0.15, -0.1) is 0 Å². The largest absolute Gasteiger partial charge is 0.466 e. The van der Waals surface area contributed by atoms with Gasteiger partial charge in [-0.25, -0.2) is 9.59 Å². The van der Waals surface area contributed by atoms with Crippen molar-refractivity contribution in [2.75, 3.05) is 19.5 Å². The summed E-state index contributed by atoms with van der Waals surface area (Å²) in [4.78, 5) is 23.2. The second kappa shape index (κ2) is 6.66. The lowest BCUT2D eigenvalue weighted by Gasteiger charge is -2.11. The van der Waals surface area contributed by atoms with E-state index in [9.17, 15) is 9.59 Å². The minimum Gasteiger partial charge on any atom is -0.466 e. The number of ether oxygens (including phenoxy) is 2. The van der Waals surface area contributed by atoms with E-state index in [0.717, 1.165) is 17.2 Å². The SMILES string of the molecule is COC(=O)/C=C(/Nc1cccc2nnc(C)cc12)C(=O)OC. The van der Waals surface area contributed by atoms with Crippen LogP contribution in [0.3, 0.4) is 0 Å². The number of nitrogens with one attached hydrogen (secondary N) is 1. The van der Waals surface area contributed by atoms with Gasteiger partial charge in [0.1, 0.15) is 5.70 Å². The van der Waals surface area contributed by atoms with Crippen LogP contribution in [0.5, 0.6) is 0 Å². The summed E-state index contributed by atoms with van der Waals surface area (Å²) in [5.41, 5.74) is 1.98. The first-order chi connectivity index (χ1) is 10.5. The van der Waals surface area contributed by atoms with E-state index in [1.165, 1.54) is 14.2 Å². The number of fused-ring (bicyclic) bond motifs is 1. The number of aromatic nitrogens is 2. The number of hydrogen-bond acceptors (Lipinski definition) is 7. The summed E-state index contributed by atoms with van der Waals surface area (Å²) in [6.45, 7) is 1.81. The number of esters is 2. The van der Waals surface area contributed by atoms with Crippen LogP contribution in [0.2, 0.25) is 0 Å². The molecule has 22 heavy (non-hydrogen) atoms. The molecule has 114 valence electrons. The fraction of sp³-hybridized carbons (Fsp3) is 0.200. The van der Waals surface area contributed by atoms with Gasteiger partial charge >= 0.3 is 11.9 Å². The number of benzene rings is 1. The van der Waals surface area contributed by atoms with Crippen LogP contribution < -0.4 is 5.32 Å². The highest BCUT2D eigenvalue weighted by Gasteiger charge is 2.14. The molecule has 0 amide bonds. The molecule has 1 aromatic heterocycles. The Hall–Kier alpha value is -2.96. The molecule has 0 radical (unpaired) electrons. The van der Waals surface area contributed by atoms with Gasteiger partial charge < -0.3 is 14.8 Å². The number of anilines is 1. The third kappa shape index (κ3) is 3.38. The Bertz CT molecular complexity index is 756. The van der Waals surface area contributed by atoms with Crippen molar-refractivity contribution in [3.8, 4) is 0 Å². The van der Waals surface area contributed by atoms with E-state index in [1.54, 1.807) is 18.2 Å². The summed E-state index contributed by atoms with van der Waals surface area (Å²) >= 11 is 0. The third-order valence-electron chi connectivity index (χ3n) is 2.89. The normalized spacial score (nSPS) is 11.1. The molecule has 0 unspecified atom stereocenters. The molecule has 1 aromatic carbocycles. The van der Waals surface area contributed by atoms with Crippen molar-refractivity contribution in [3.63, 3.8) is 0 Å². The number of rotatable bonds is 4. The Kier molecular flexibility index (Phi) is 4.67. The fourth-order valence-corrected chi connectivity index (χ4v) is 1.85. The average molecular weight is 301 g/mol. The second-order valence-corrected chi connectivity index (χ2v) is 4.42. The van der Waals surface area contributed by atoms with Crippen LogP contribution in [-0.4, -0.2) is 36.4 Å². The monoisotopic (exact) mass is 301 g/mol. The van der Waals surface area contributed by atoms with Crippen molar-refractivity contribution in [1.82, 2.24) is 10.2 Å². The Morgan fingerprint density at radius 3 is 2.64 bits per heavy atom. The molecule has 0 bridgehead atoms. The first-order valence-corrected chi connectivity index (χ1v) is 6.43. The number of aryl methyl sites for hydroxylation is 1. The lowest BCUT2D eigenvalue weighted by Crippen LogP contribution is -2.15. The maximum atomic E-state index is 11.8. The van der Waals surface area contributed by atoms with Gasteiger partial charge in [0, 0.05) is 11.1 Å². The van der Waals surface area contributed by atoms with Crippen molar-refractivity contribution in [1.29, 1.82) is 0 Å². The zero-order valence-corrected chi connectivity index (χ0v) is 12.4. The summed E-state index contributed by atoms with van der Waals surface area (Å²) < 4.78 is 9.19. The molecule has 1 N–H and O–H groups in total. The van der Waals surface area contributed by atoms with Crippen LogP contribution in [0.25, 0.3) is 10.9 Å². The van der Waals surface area contributed by atoms with Crippen LogP contribution in [0.1, 0.15) is 5.69 Å². The Balaban J connectivity index is 2.46. The summed E-state index contributed by atoms with van der Waals surface area (Å²) in [6, 6.07) is 7.16. The van der Waals surface area contributed by atoms with Gasteiger partial charge in [0.15, 0.2) is 0 Å². The molecule has 0 atom stereocenters. The van der Waals surface area contributed by atoms with E-state index in [1.807, 2.05) is 13.0 Å². The first-order valence-electron chi connectivity index (χ1n) is 6.43. The molecular formula is C15H15N3O4. The maximum Gasteiger partial charge on any atom is 0.354 e. The van der Waals surface area contributed by atoms with Crippen LogP contribution in [0.4, 0.5) is 5.69 Å². The molecule has 0 aliphatic heterocycles. The summed E-state index contributed by atoms with van der Waals surface area (Å²) in [5.74, 6) is -1.34. The lowest BCUT2D eigenvalue weighted by atomic mass is 10.1. The molecule has 2 rings (SSSR count). The molecule has 7 nitrogen and oxygen atoms in total. The fourth-order valence-electron chi connectivity index (χ4n) is 1.85. The number of hydrogen-bond donors (Lipinski definition) is 1. The highest BCUT2D eigenvalue weighted by Crippen LogP contribution is 2.23. The van der Waals surface area contributed by atoms with Gasteiger partial charge in [-0.05, 0) is 25.1 Å². The molecule has 0 fully saturated rings. The standard InChI is InChI=1S/C15H15N3O4/c1-9-7-10-11(5-4-6-12(10)18-17-9)16-13(15(20)22-3)8-14(19)21-2/h4-8,16H,1-3H3/b13-8+. The van der Waals surface area contributed by atoms with E-state index < -0.39 is 11.9 Å². The van der Waals surface area contributed by atoms with E-state index in [2.05, 4.69) is 25.0 Å². The van der Waals surface area contributed by atoms with E-state index in [4.69, 9.17) is 0 Å². The van der Waals surface area contributed by atoms with Gasteiger partial charge in [-0.2, -0.15) is 10.2 Å². The third-order valence-corrected chi connectivity index (χ3v) is 2.89. The van der Waals surface area contributed by atoms with E-state index >= 15 is 0 Å². The average Bonchev–Trinajstić information content (AvgIpc) is 2.53. The Labute approximate surface area is 126 Å². The predicted octanol–water partition coefficient (Wildman–Crippen LogP) is 1.58. The molecule has 0 spiro atoms. The molecule has 2 aromatic rings. The predicted molar refractivity (Wildman–Crippen MR) is 80.0 cm³/mol.